The molecule has 0 saturated heterocycles. The fourth-order valence-corrected chi connectivity index (χ4v) is 2.33. The Hall–Kier alpha value is -1.63. The van der Waals surface area contributed by atoms with E-state index >= 15 is 0 Å². The van der Waals surface area contributed by atoms with Crippen LogP contribution in [-0.4, -0.2) is 38.2 Å². The zero-order chi connectivity index (χ0) is 17.7. The van der Waals surface area contributed by atoms with Crippen molar-refractivity contribution < 1.29 is 23.9 Å². The predicted molar refractivity (Wildman–Crippen MR) is 87.2 cm³/mol. The number of rotatable bonds is 5. The van der Waals surface area contributed by atoms with E-state index in [0.717, 1.165) is 20.4 Å². The highest BCUT2D eigenvalue weighted by Gasteiger charge is 2.24. The highest BCUT2D eigenvalue weighted by Crippen LogP contribution is 2.39. The number of carbonyl (C=O) groups excluding carboxylic acids is 3. The summed E-state index contributed by atoms with van der Waals surface area (Å²) < 4.78 is 9.09. The standard InChI is InChI=1S/C14H12Cl3NO5/c1-6(19)7(13(20)22-2)5-18-9-4-8(15)11(16)10(12(9)17)14(21)23-3/h4-5,7H,1-3H3. The Balaban J connectivity index is 3.36. The van der Waals surface area contributed by atoms with E-state index in [1.54, 1.807) is 0 Å². The molecule has 0 aliphatic rings. The summed E-state index contributed by atoms with van der Waals surface area (Å²) in [5, 5.41) is -0.186. The average Bonchev–Trinajstić information content (AvgIpc) is 2.51. The summed E-state index contributed by atoms with van der Waals surface area (Å²) in [5.74, 6) is -3.24. The van der Waals surface area contributed by atoms with Crippen LogP contribution in [0.2, 0.25) is 15.1 Å². The fourth-order valence-electron chi connectivity index (χ4n) is 1.58. The van der Waals surface area contributed by atoms with Crippen LogP contribution >= 0.6 is 34.8 Å². The average molecular weight is 381 g/mol. The first-order valence-corrected chi connectivity index (χ1v) is 7.26. The van der Waals surface area contributed by atoms with Crippen molar-refractivity contribution in [1.29, 1.82) is 0 Å². The van der Waals surface area contributed by atoms with Crippen LogP contribution in [0.25, 0.3) is 0 Å². The van der Waals surface area contributed by atoms with Gasteiger partial charge in [0.05, 0.1) is 35.0 Å². The van der Waals surface area contributed by atoms with Crippen LogP contribution in [0.1, 0.15) is 17.3 Å². The second-order valence-corrected chi connectivity index (χ2v) is 5.42. The molecule has 1 aromatic carbocycles. The van der Waals surface area contributed by atoms with Gasteiger partial charge in [0.15, 0.2) is 5.92 Å². The minimum Gasteiger partial charge on any atom is -0.468 e. The maximum absolute atomic E-state index is 11.7. The largest absolute Gasteiger partial charge is 0.468 e. The number of esters is 2. The first-order valence-electron chi connectivity index (χ1n) is 6.12. The Bertz CT molecular complexity index is 687. The Kier molecular flexibility index (Phi) is 7.00. The fraction of sp³-hybridized carbons (Fsp3) is 0.286. The van der Waals surface area contributed by atoms with E-state index in [1.165, 1.54) is 13.0 Å². The van der Waals surface area contributed by atoms with Gasteiger partial charge in [-0.3, -0.25) is 14.6 Å². The number of methoxy groups -OCH3 is 2. The lowest BCUT2D eigenvalue weighted by molar-refractivity contribution is -0.145. The number of aliphatic imine (C=N–C) groups is 1. The summed E-state index contributed by atoms with van der Waals surface area (Å²) in [6.45, 7) is 1.21. The van der Waals surface area contributed by atoms with Crippen LogP contribution in [0.15, 0.2) is 11.1 Å². The third-order valence-electron chi connectivity index (χ3n) is 2.78. The van der Waals surface area contributed by atoms with Gasteiger partial charge in [0, 0.05) is 6.21 Å². The van der Waals surface area contributed by atoms with Gasteiger partial charge in [-0.1, -0.05) is 34.8 Å². The molecule has 124 valence electrons. The second kappa shape index (κ2) is 8.29. The van der Waals surface area contributed by atoms with Crippen molar-refractivity contribution in [3.05, 3.63) is 26.7 Å². The lowest BCUT2D eigenvalue weighted by atomic mass is 10.1. The molecule has 6 nitrogen and oxygen atoms in total. The van der Waals surface area contributed by atoms with Gasteiger partial charge in [-0.2, -0.15) is 0 Å². The summed E-state index contributed by atoms with van der Waals surface area (Å²) in [6, 6.07) is 1.30. The number of Topliss-reactive ketones (excluding diaryl/α,β-unsaturated/α-hetero) is 1. The van der Waals surface area contributed by atoms with E-state index < -0.39 is 23.6 Å². The lowest BCUT2D eigenvalue weighted by Crippen LogP contribution is -2.24. The molecule has 0 amide bonds. The first-order chi connectivity index (χ1) is 10.7. The molecule has 1 aromatic rings. The molecule has 0 aromatic heterocycles. The summed E-state index contributed by atoms with van der Waals surface area (Å²) >= 11 is 17.9. The van der Waals surface area contributed by atoms with Crippen molar-refractivity contribution >= 4 is 64.4 Å². The van der Waals surface area contributed by atoms with E-state index in [1.807, 2.05) is 0 Å². The monoisotopic (exact) mass is 379 g/mol. The van der Waals surface area contributed by atoms with Crippen LogP contribution < -0.4 is 0 Å². The normalized spacial score (nSPS) is 12.1. The zero-order valence-electron chi connectivity index (χ0n) is 12.4. The number of hydrogen-bond acceptors (Lipinski definition) is 6. The molecule has 0 aliphatic carbocycles. The molecular formula is C14H12Cl3NO5. The smallest absolute Gasteiger partial charge is 0.341 e. The third-order valence-corrected chi connectivity index (χ3v) is 3.95. The van der Waals surface area contributed by atoms with Crippen molar-refractivity contribution in [3.8, 4) is 0 Å². The van der Waals surface area contributed by atoms with Gasteiger partial charge >= 0.3 is 11.9 Å². The van der Waals surface area contributed by atoms with Crippen molar-refractivity contribution in [2.24, 2.45) is 10.9 Å². The van der Waals surface area contributed by atoms with Crippen LogP contribution in [0.5, 0.6) is 0 Å². The Morgan fingerprint density at radius 1 is 1.13 bits per heavy atom. The van der Waals surface area contributed by atoms with Crippen molar-refractivity contribution in [1.82, 2.24) is 0 Å². The Morgan fingerprint density at radius 2 is 1.74 bits per heavy atom. The quantitative estimate of drug-likeness (QED) is 0.338. The number of nitrogens with zero attached hydrogens (tertiary/aromatic N) is 1. The molecule has 23 heavy (non-hydrogen) atoms. The molecule has 1 rings (SSSR count). The van der Waals surface area contributed by atoms with Gasteiger partial charge in [0.1, 0.15) is 11.3 Å². The van der Waals surface area contributed by atoms with Crippen molar-refractivity contribution in [2.75, 3.05) is 14.2 Å². The molecule has 1 unspecified atom stereocenters. The first kappa shape index (κ1) is 19.4. The molecular weight excluding hydrogens is 369 g/mol. The van der Waals surface area contributed by atoms with E-state index in [-0.39, 0.29) is 26.3 Å². The summed E-state index contributed by atoms with van der Waals surface area (Å²) in [5.41, 5.74) is -0.107. The van der Waals surface area contributed by atoms with Gasteiger partial charge in [0.2, 0.25) is 0 Å². The minimum atomic E-state index is -1.20. The van der Waals surface area contributed by atoms with Gasteiger partial charge in [-0.15, -0.1) is 0 Å². The predicted octanol–water partition coefficient (Wildman–Crippen LogP) is 3.51. The molecule has 0 N–H and O–H groups in total. The highest BCUT2D eigenvalue weighted by atomic mass is 35.5. The van der Waals surface area contributed by atoms with Gasteiger partial charge in [0.25, 0.3) is 0 Å². The maximum Gasteiger partial charge on any atom is 0.341 e. The number of ketones is 1. The van der Waals surface area contributed by atoms with Crippen molar-refractivity contribution in [2.45, 2.75) is 6.92 Å². The topological polar surface area (TPSA) is 82.0 Å². The Morgan fingerprint density at radius 3 is 2.22 bits per heavy atom. The van der Waals surface area contributed by atoms with E-state index in [4.69, 9.17) is 34.8 Å². The molecule has 9 heteroatoms. The molecule has 0 fully saturated rings. The number of carbonyl (C=O) groups is 3. The molecule has 0 saturated carbocycles. The minimum absolute atomic E-state index is 0.0149. The van der Waals surface area contributed by atoms with Gasteiger partial charge < -0.3 is 9.47 Å². The SMILES string of the molecule is COC(=O)c1c(Cl)c(Cl)cc(N=CC(C(C)=O)C(=O)OC)c1Cl. The van der Waals surface area contributed by atoms with Crippen LogP contribution in [0.3, 0.4) is 0 Å². The van der Waals surface area contributed by atoms with Crippen LogP contribution in [0, 0.1) is 5.92 Å². The van der Waals surface area contributed by atoms with E-state index in [0.29, 0.717) is 0 Å². The number of hydrogen-bond donors (Lipinski definition) is 0. The van der Waals surface area contributed by atoms with Crippen LogP contribution in [0.4, 0.5) is 5.69 Å². The van der Waals surface area contributed by atoms with Gasteiger partial charge in [-0.05, 0) is 13.0 Å². The molecule has 1 atom stereocenters. The van der Waals surface area contributed by atoms with E-state index in [9.17, 15) is 14.4 Å². The van der Waals surface area contributed by atoms with Crippen LogP contribution in [-0.2, 0) is 19.1 Å². The van der Waals surface area contributed by atoms with E-state index in [2.05, 4.69) is 14.5 Å². The summed E-state index contributed by atoms with van der Waals surface area (Å²) in [7, 11) is 2.30. The maximum atomic E-state index is 11.7. The lowest BCUT2D eigenvalue weighted by Gasteiger charge is -2.10. The second-order valence-electron chi connectivity index (χ2n) is 4.26. The summed E-state index contributed by atoms with van der Waals surface area (Å²) in [4.78, 5) is 38.6. The molecule has 0 radical (unpaired) electrons. The number of benzene rings is 1. The highest BCUT2D eigenvalue weighted by molar-refractivity contribution is 6.47. The molecule has 0 bridgehead atoms. The number of halogens is 3. The molecule has 0 spiro atoms. The van der Waals surface area contributed by atoms with Crippen molar-refractivity contribution in [3.63, 3.8) is 0 Å². The molecule has 0 heterocycles. The number of ether oxygens (including phenoxy) is 2. The zero-order valence-corrected chi connectivity index (χ0v) is 14.6. The summed E-state index contributed by atoms with van der Waals surface area (Å²) in [6.07, 6.45) is 1.06. The van der Waals surface area contributed by atoms with Gasteiger partial charge in [-0.25, -0.2) is 4.79 Å². The Labute approximate surface area is 147 Å². The molecule has 0 aliphatic heterocycles. The third kappa shape index (κ3) is 4.43.